The Labute approximate surface area is 295 Å². The van der Waals surface area contributed by atoms with Gasteiger partial charge in [-0.25, -0.2) is 4.98 Å². The van der Waals surface area contributed by atoms with Crippen molar-refractivity contribution in [1.29, 1.82) is 0 Å². The first-order valence-corrected chi connectivity index (χ1v) is 17.2. The molecule has 10 rings (SSSR count). The van der Waals surface area contributed by atoms with Crippen LogP contribution < -0.4 is 4.90 Å². The van der Waals surface area contributed by atoms with E-state index in [9.17, 15) is 0 Å². The van der Waals surface area contributed by atoms with E-state index in [1.54, 1.807) is 0 Å². The summed E-state index contributed by atoms with van der Waals surface area (Å²) in [7, 11) is 0. The number of nitrogens with zero attached hydrogens (tertiary/aromatic N) is 3. The number of aromatic nitrogens is 2. The molecule has 0 fully saturated rings. The van der Waals surface area contributed by atoms with Gasteiger partial charge in [-0.15, -0.1) is 0 Å². The number of hydrogen-bond acceptors (Lipinski definition) is 3. The van der Waals surface area contributed by atoms with Crippen molar-refractivity contribution in [2.24, 2.45) is 0 Å². The van der Waals surface area contributed by atoms with Crippen molar-refractivity contribution in [3.8, 4) is 28.3 Å². The van der Waals surface area contributed by atoms with Crippen molar-refractivity contribution in [1.82, 2.24) is 9.55 Å². The quantitative estimate of drug-likeness (QED) is 0.179. The lowest BCUT2D eigenvalue weighted by molar-refractivity contribution is 0.620. The Kier molecular flexibility index (Phi) is 6.78. The molecular weight excluding hydrogens is 623 g/mol. The normalized spacial score (nSPS) is 11.5. The maximum atomic E-state index is 6.09. The van der Waals surface area contributed by atoms with Crippen molar-refractivity contribution in [3.05, 3.63) is 188 Å². The van der Waals surface area contributed by atoms with Gasteiger partial charge in [0, 0.05) is 39.1 Å². The standard InChI is InChI=1S/C47H31N3O/c1-2-10-32(11-3-1)33-18-23-36(24-19-33)49(37-25-20-35(21-26-37)47-48-42-15-7-9-17-45(42)51-47)38-27-29-39(30-28-38)50-43-16-8-6-14-41(43)46-40-13-5-4-12-34(40)22-31-44(46)50/h1-31H. The molecule has 0 bridgehead atoms. The second-order valence-corrected chi connectivity index (χ2v) is 12.8. The molecule has 2 heterocycles. The van der Waals surface area contributed by atoms with Gasteiger partial charge in [-0.3, -0.25) is 0 Å². The molecule has 0 atom stereocenters. The minimum Gasteiger partial charge on any atom is -0.436 e. The van der Waals surface area contributed by atoms with Crippen molar-refractivity contribution in [3.63, 3.8) is 0 Å². The maximum absolute atomic E-state index is 6.09. The van der Waals surface area contributed by atoms with Crippen molar-refractivity contribution in [2.75, 3.05) is 4.90 Å². The van der Waals surface area contributed by atoms with Gasteiger partial charge in [-0.2, -0.15) is 0 Å². The van der Waals surface area contributed by atoms with E-state index >= 15 is 0 Å². The lowest BCUT2D eigenvalue weighted by Gasteiger charge is -2.26. The minimum atomic E-state index is 0.616. The highest BCUT2D eigenvalue weighted by molar-refractivity contribution is 6.21. The van der Waals surface area contributed by atoms with Crippen LogP contribution in [0.4, 0.5) is 17.1 Å². The SMILES string of the molecule is c1ccc(-c2ccc(N(c3ccc(-c4nc5ccccc5o4)cc3)c3ccc(-n4c5ccccc5c5c6ccccc6ccc54)cc3)cc2)cc1. The first kappa shape index (κ1) is 29.0. The number of para-hydroxylation sites is 3. The Hall–Kier alpha value is -6.91. The Morgan fingerprint density at radius 1 is 0.431 bits per heavy atom. The van der Waals surface area contributed by atoms with Crippen molar-refractivity contribution in [2.45, 2.75) is 0 Å². The first-order chi connectivity index (χ1) is 25.3. The smallest absolute Gasteiger partial charge is 0.227 e. The van der Waals surface area contributed by atoms with Gasteiger partial charge < -0.3 is 13.9 Å². The highest BCUT2D eigenvalue weighted by atomic mass is 16.3. The molecule has 0 aliphatic rings. The maximum Gasteiger partial charge on any atom is 0.227 e. The second kappa shape index (κ2) is 11.9. The minimum absolute atomic E-state index is 0.616. The number of rotatable bonds is 6. The zero-order chi connectivity index (χ0) is 33.7. The number of anilines is 3. The third-order valence-corrected chi connectivity index (χ3v) is 9.83. The molecule has 0 aliphatic heterocycles. The number of fused-ring (bicyclic) bond motifs is 6. The van der Waals surface area contributed by atoms with Gasteiger partial charge >= 0.3 is 0 Å². The molecule has 0 saturated carbocycles. The highest BCUT2D eigenvalue weighted by Gasteiger charge is 2.17. The largest absolute Gasteiger partial charge is 0.436 e. The van der Waals surface area contributed by atoms with E-state index in [0.717, 1.165) is 39.4 Å². The molecule has 0 amide bonds. The molecule has 0 radical (unpaired) electrons. The van der Waals surface area contributed by atoms with Crippen LogP contribution in [0.1, 0.15) is 0 Å². The summed E-state index contributed by atoms with van der Waals surface area (Å²) in [5.41, 5.74) is 11.6. The van der Waals surface area contributed by atoms with Crippen LogP contribution in [0.2, 0.25) is 0 Å². The topological polar surface area (TPSA) is 34.2 Å². The van der Waals surface area contributed by atoms with Crippen LogP contribution in [0.5, 0.6) is 0 Å². The predicted molar refractivity (Wildman–Crippen MR) is 211 cm³/mol. The van der Waals surface area contributed by atoms with Gasteiger partial charge in [-0.05, 0) is 107 Å². The van der Waals surface area contributed by atoms with Crippen LogP contribution in [0, 0.1) is 0 Å². The lowest BCUT2D eigenvalue weighted by Crippen LogP contribution is -2.10. The third-order valence-electron chi connectivity index (χ3n) is 9.83. The highest BCUT2D eigenvalue weighted by Crippen LogP contribution is 2.40. The summed E-state index contributed by atoms with van der Waals surface area (Å²) in [5.74, 6) is 0.616. The fourth-order valence-corrected chi connectivity index (χ4v) is 7.40. The van der Waals surface area contributed by atoms with Gasteiger partial charge in [0.15, 0.2) is 5.58 Å². The average molecular weight is 654 g/mol. The summed E-state index contributed by atoms with van der Waals surface area (Å²) < 4.78 is 8.47. The molecule has 4 heteroatoms. The molecule has 4 nitrogen and oxygen atoms in total. The molecule has 8 aromatic carbocycles. The molecular formula is C47H31N3O. The van der Waals surface area contributed by atoms with Gasteiger partial charge in [0.25, 0.3) is 0 Å². The fraction of sp³-hybridized carbons (Fsp3) is 0. The number of hydrogen-bond donors (Lipinski definition) is 0. The molecule has 0 unspecified atom stereocenters. The van der Waals surface area contributed by atoms with Gasteiger partial charge in [0.2, 0.25) is 5.89 Å². The number of oxazole rings is 1. The monoisotopic (exact) mass is 653 g/mol. The van der Waals surface area contributed by atoms with Crippen molar-refractivity contribution < 1.29 is 4.42 Å². The molecule has 0 aliphatic carbocycles. The molecule has 0 spiro atoms. The summed E-state index contributed by atoms with van der Waals surface area (Å²) in [6.45, 7) is 0. The van der Waals surface area contributed by atoms with Crippen LogP contribution >= 0.6 is 0 Å². The summed E-state index contributed by atoms with van der Waals surface area (Å²) in [4.78, 5) is 7.02. The summed E-state index contributed by atoms with van der Waals surface area (Å²) in [6.07, 6.45) is 0. The molecule has 240 valence electrons. The average Bonchev–Trinajstić information content (AvgIpc) is 3.79. The van der Waals surface area contributed by atoms with Gasteiger partial charge in [0.1, 0.15) is 5.52 Å². The van der Waals surface area contributed by atoms with Crippen LogP contribution in [0.25, 0.3) is 71.9 Å². The zero-order valence-electron chi connectivity index (χ0n) is 27.6. The summed E-state index contributed by atoms with van der Waals surface area (Å²) in [5, 5.41) is 5.06. The second-order valence-electron chi connectivity index (χ2n) is 12.8. The predicted octanol–water partition coefficient (Wildman–Crippen LogP) is 12.9. The fourth-order valence-electron chi connectivity index (χ4n) is 7.40. The number of benzene rings is 8. The van der Waals surface area contributed by atoms with E-state index < -0.39 is 0 Å². The Bertz CT molecular complexity index is 2800. The van der Waals surface area contributed by atoms with Crippen LogP contribution in [-0.2, 0) is 0 Å². The lowest BCUT2D eigenvalue weighted by atomic mass is 10.0. The van der Waals surface area contributed by atoms with E-state index in [1.807, 2.05) is 24.3 Å². The van der Waals surface area contributed by atoms with E-state index in [-0.39, 0.29) is 0 Å². The Morgan fingerprint density at radius 3 is 1.76 bits per heavy atom. The van der Waals surface area contributed by atoms with E-state index in [4.69, 9.17) is 9.40 Å². The zero-order valence-corrected chi connectivity index (χ0v) is 27.6. The third kappa shape index (κ3) is 4.96. The molecule has 2 aromatic heterocycles. The van der Waals surface area contributed by atoms with Gasteiger partial charge in [-0.1, -0.05) is 103 Å². The summed E-state index contributed by atoms with van der Waals surface area (Å²) >= 11 is 0. The van der Waals surface area contributed by atoms with Gasteiger partial charge in [0.05, 0.1) is 11.0 Å². The van der Waals surface area contributed by atoms with E-state index in [2.05, 4.69) is 173 Å². The molecule has 10 aromatic rings. The van der Waals surface area contributed by atoms with E-state index in [1.165, 1.54) is 43.7 Å². The summed E-state index contributed by atoms with van der Waals surface area (Å²) in [6, 6.07) is 66.4. The van der Waals surface area contributed by atoms with Crippen molar-refractivity contribution >= 4 is 60.7 Å². The van der Waals surface area contributed by atoms with Crippen LogP contribution in [-0.4, -0.2) is 9.55 Å². The molecule has 0 N–H and O–H groups in total. The first-order valence-electron chi connectivity index (χ1n) is 17.2. The van der Waals surface area contributed by atoms with Crippen LogP contribution in [0.15, 0.2) is 192 Å². The Balaban J connectivity index is 1.08. The van der Waals surface area contributed by atoms with Crippen LogP contribution in [0.3, 0.4) is 0 Å². The molecule has 0 saturated heterocycles. The van der Waals surface area contributed by atoms with E-state index in [0.29, 0.717) is 5.89 Å². The molecule has 51 heavy (non-hydrogen) atoms. The Morgan fingerprint density at radius 2 is 1.02 bits per heavy atom.